The van der Waals surface area contributed by atoms with Crippen LogP contribution in [0.2, 0.25) is 0 Å². The Labute approximate surface area is 81.5 Å². The number of alkyl halides is 4. The zero-order valence-corrected chi connectivity index (χ0v) is 7.36. The van der Waals surface area contributed by atoms with E-state index in [1.54, 1.807) is 0 Å². The van der Waals surface area contributed by atoms with Gasteiger partial charge in [0.2, 0.25) is 5.88 Å². The summed E-state index contributed by atoms with van der Waals surface area (Å²) in [5.41, 5.74) is -0.284. The maximum atomic E-state index is 12.7. The lowest BCUT2D eigenvalue weighted by atomic mass is 10.3. The van der Waals surface area contributed by atoms with Crippen LogP contribution in [0.5, 0.6) is 5.88 Å². The SMILES string of the molecule is Fc1ccc(OC(F)(F)F)nc1CCl. The van der Waals surface area contributed by atoms with Crippen molar-refractivity contribution in [2.75, 3.05) is 0 Å². The minimum Gasteiger partial charge on any atom is -0.388 e. The normalized spacial score (nSPS) is 11.5. The van der Waals surface area contributed by atoms with E-state index in [9.17, 15) is 17.6 Å². The molecule has 0 spiro atoms. The van der Waals surface area contributed by atoms with Gasteiger partial charge in [0.05, 0.1) is 11.6 Å². The molecule has 0 aliphatic carbocycles. The first kappa shape index (κ1) is 11.0. The van der Waals surface area contributed by atoms with Gasteiger partial charge in [0.1, 0.15) is 5.82 Å². The number of halogens is 5. The Morgan fingerprint density at radius 1 is 1.36 bits per heavy atom. The van der Waals surface area contributed by atoms with Crippen molar-refractivity contribution in [1.29, 1.82) is 0 Å². The van der Waals surface area contributed by atoms with Crippen LogP contribution in [0, 0.1) is 5.82 Å². The van der Waals surface area contributed by atoms with E-state index in [4.69, 9.17) is 11.6 Å². The van der Waals surface area contributed by atoms with Crippen LogP contribution in [0.4, 0.5) is 17.6 Å². The summed E-state index contributed by atoms with van der Waals surface area (Å²) in [6.07, 6.45) is -4.84. The largest absolute Gasteiger partial charge is 0.574 e. The van der Waals surface area contributed by atoms with E-state index < -0.39 is 18.1 Å². The second kappa shape index (κ2) is 4.00. The lowest BCUT2D eigenvalue weighted by molar-refractivity contribution is -0.276. The topological polar surface area (TPSA) is 22.1 Å². The van der Waals surface area contributed by atoms with E-state index in [0.29, 0.717) is 0 Å². The molecule has 0 fully saturated rings. The van der Waals surface area contributed by atoms with Gasteiger partial charge in [-0.15, -0.1) is 24.8 Å². The minimum absolute atomic E-state index is 0.284. The number of nitrogens with zero attached hydrogens (tertiary/aromatic N) is 1. The molecule has 14 heavy (non-hydrogen) atoms. The predicted molar refractivity (Wildman–Crippen MR) is 40.4 cm³/mol. The van der Waals surface area contributed by atoms with Crippen LogP contribution < -0.4 is 4.74 Å². The molecule has 1 aromatic heterocycles. The van der Waals surface area contributed by atoms with Crippen LogP contribution >= 0.6 is 11.6 Å². The van der Waals surface area contributed by atoms with E-state index in [0.717, 1.165) is 12.1 Å². The molecule has 1 rings (SSSR count). The van der Waals surface area contributed by atoms with Crippen LogP contribution in [0.15, 0.2) is 12.1 Å². The van der Waals surface area contributed by atoms with E-state index in [1.807, 2.05) is 0 Å². The average Bonchev–Trinajstić information content (AvgIpc) is 2.06. The molecule has 0 saturated heterocycles. The van der Waals surface area contributed by atoms with Crippen molar-refractivity contribution in [2.45, 2.75) is 12.2 Å². The molecule has 0 atom stereocenters. The monoisotopic (exact) mass is 229 g/mol. The molecule has 1 aromatic rings. The fraction of sp³-hybridized carbons (Fsp3) is 0.286. The van der Waals surface area contributed by atoms with Gasteiger partial charge >= 0.3 is 6.36 Å². The molecule has 0 bridgehead atoms. The maximum absolute atomic E-state index is 12.7. The highest BCUT2D eigenvalue weighted by Crippen LogP contribution is 2.22. The second-order valence-electron chi connectivity index (χ2n) is 2.26. The summed E-state index contributed by atoms with van der Waals surface area (Å²) in [7, 11) is 0. The van der Waals surface area contributed by atoms with Crippen molar-refractivity contribution in [2.24, 2.45) is 0 Å². The van der Waals surface area contributed by atoms with Crippen molar-refractivity contribution in [3.63, 3.8) is 0 Å². The van der Waals surface area contributed by atoms with Gasteiger partial charge in [-0.3, -0.25) is 0 Å². The molecule has 0 radical (unpaired) electrons. The molecule has 0 saturated carbocycles. The highest BCUT2D eigenvalue weighted by atomic mass is 35.5. The minimum atomic E-state index is -4.84. The Morgan fingerprint density at radius 2 is 2.00 bits per heavy atom. The first-order chi connectivity index (χ1) is 6.42. The number of rotatable bonds is 2. The van der Waals surface area contributed by atoms with Gasteiger partial charge in [0.25, 0.3) is 0 Å². The Morgan fingerprint density at radius 3 is 2.50 bits per heavy atom. The van der Waals surface area contributed by atoms with Gasteiger partial charge < -0.3 is 4.74 Å². The predicted octanol–water partition coefficient (Wildman–Crippen LogP) is 2.86. The summed E-state index contributed by atoms with van der Waals surface area (Å²) in [5, 5.41) is 0. The summed E-state index contributed by atoms with van der Waals surface area (Å²) in [5.74, 6) is -1.81. The van der Waals surface area contributed by atoms with Crippen LogP contribution in [-0.4, -0.2) is 11.3 Å². The van der Waals surface area contributed by atoms with Gasteiger partial charge in [-0.2, -0.15) is 0 Å². The van der Waals surface area contributed by atoms with Gasteiger partial charge in [0, 0.05) is 6.07 Å². The summed E-state index contributed by atoms with van der Waals surface area (Å²) in [6, 6.07) is 1.59. The van der Waals surface area contributed by atoms with Crippen LogP contribution in [-0.2, 0) is 5.88 Å². The van der Waals surface area contributed by atoms with E-state index in [2.05, 4.69) is 9.72 Å². The fourth-order valence-electron chi connectivity index (χ4n) is 0.733. The molecule has 78 valence electrons. The molecule has 0 aliphatic heterocycles. The zero-order valence-electron chi connectivity index (χ0n) is 6.61. The highest BCUT2D eigenvalue weighted by molar-refractivity contribution is 6.16. The quantitative estimate of drug-likeness (QED) is 0.575. The summed E-state index contributed by atoms with van der Waals surface area (Å²) in [4.78, 5) is 3.23. The number of aromatic nitrogens is 1. The van der Waals surface area contributed by atoms with Crippen molar-refractivity contribution in [1.82, 2.24) is 4.98 Å². The third kappa shape index (κ3) is 3.02. The van der Waals surface area contributed by atoms with Gasteiger partial charge in [-0.25, -0.2) is 9.37 Å². The summed E-state index contributed by atoms with van der Waals surface area (Å²) in [6.45, 7) is 0. The van der Waals surface area contributed by atoms with Crippen LogP contribution in [0.1, 0.15) is 5.69 Å². The number of ether oxygens (including phenoxy) is 1. The van der Waals surface area contributed by atoms with Gasteiger partial charge in [-0.05, 0) is 6.07 Å². The standard InChI is InChI=1S/C7H4ClF4NO/c8-3-5-4(9)1-2-6(13-5)14-7(10,11)12/h1-2H,3H2. The van der Waals surface area contributed by atoms with E-state index in [-0.39, 0.29) is 11.6 Å². The van der Waals surface area contributed by atoms with Gasteiger partial charge in [-0.1, -0.05) is 0 Å². The molecule has 1 heterocycles. The summed E-state index contributed by atoms with van der Waals surface area (Å²) >= 11 is 5.24. The van der Waals surface area contributed by atoms with Crippen molar-refractivity contribution < 1.29 is 22.3 Å². The molecule has 0 aromatic carbocycles. The van der Waals surface area contributed by atoms with Gasteiger partial charge in [0.15, 0.2) is 0 Å². The Hall–Kier alpha value is -1.04. The summed E-state index contributed by atoms with van der Waals surface area (Å²) < 4.78 is 51.2. The molecular formula is C7H4ClF4NO. The zero-order chi connectivity index (χ0) is 10.8. The second-order valence-corrected chi connectivity index (χ2v) is 2.53. The number of pyridine rings is 1. The molecule has 0 aliphatic rings. The Kier molecular flexibility index (Phi) is 3.15. The smallest absolute Gasteiger partial charge is 0.388 e. The molecule has 2 nitrogen and oxygen atoms in total. The molecular weight excluding hydrogens is 226 g/mol. The van der Waals surface area contributed by atoms with Crippen molar-refractivity contribution in [3.05, 3.63) is 23.6 Å². The van der Waals surface area contributed by atoms with E-state index >= 15 is 0 Å². The Balaban J connectivity index is 2.90. The third-order valence-corrected chi connectivity index (χ3v) is 1.49. The molecule has 7 heteroatoms. The molecule has 0 amide bonds. The number of hydrogen-bond donors (Lipinski definition) is 0. The van der Waals surface area contributed by atoms with E-state index in [1.165, 1.54) is 0 Å². The number of hydrogen-bond acceptors (Lipinski definition) is 2. The van der Waals surface area contributed by atoms with Crippen molar-refractivity contribution in [3.8, 4) is 5.88 Å². The maximum Gasteiger partial charge on any atom is 0.574 e. The Bertz CT molecular complexity index is 328. The average molecular weight is 230 g/mol. The van der Waals surface area contributed by atoms with Crippen LogP contribution in [0.25, 0.3) is 0 Å². The fourth-order valence-corrected chi connectivity index (χ4v) is 0.921. The lowest BCUT2D eigenvalue weighted by Crippen LogP contribution is -2.18. The first-order valence-electron chi connectivity index (χ1n) is 3.39. The third-order valence-electron chi connectivity index (χ3n) is 1.24. The lowest BCUT2D eigenvalue weighted by Gasteiger charge is -2.08. The van der Waals surface area contributed by atoms with Crippen molar-refractivity contribution >= 4 is 11.6 Å². The molecule has 0 N–H and O–H groups in total. The highest BCUT2D eigenvalue weighted by Gasteiger charge is 2.31. The molecule has 0 unspecified atom stereocenters. The van der Waals surface area contributed by atoms with Crippen LogP contribution in [0.3, 0.4) is 0 Å². The first-order valence-corrected chi connectivity index (χ1v) is 3.93.